The molecule has 1 aliphatic heterocycles. The average Bonchev–Trinajstić information content (AvgIpc) is 2.92. The van der Waals surface area contributed by atoms with Crippen LogP contribution < -0.4 is 14.9 Å². The maximum Gasteiger partial charge on any atom is 0.416 e. The molecule has 1 saturated heterocycles. The molecule has 0 saturated carbocycles. The van der Waals surface area contributed by atoms with Gasteiger partial charge in [-0.25, -0.2) is 4.79 Å². The lowest BCUT2D eigenvalue weighted by Gasteiger charge is -2.34. The lowest BCUT2D eigenvalue weighted by molar-refractivity contribution is -0.137. The van der Waals surface area contributed by atoms with Gasteiger partial charge < -0.3 is 19.8 Å². The number of carbonyl (C=O) groups excluding carboxylic acids is 2. The standard InChI is InChI=1S/C25H29Cl2F3N4O2S.C2H6/c1-2-11-31-24(36)32-14-17-4-3-12-33(15-17)23(35)16-34(37-20-8-6-19(26)7-9-20)22-13-18(25(28,29)30)5-10-21(22)27;1-2/h5-10,13,17H,2-4,11-12,14-16H2,1H3,(H2,31,32,36);1-2H3. The Morgan fingerprint density at radius 3 is 2.44 bits per heavy atom. The van der Waals surface area contributed by atoms with E-state index in [0.29, 0.717) is 36.1 Å². The van der Waals surface area contributed by atoms with E-state index in [-0.39, 0.29) is 35.1 Å². The zero-order chi connectivity index (χ0) is 29.0. The maximum atomic E-state index is 13.4. The highest BCUT2D eigenvalue weighted by Crippen LogP contribution is 2.39. The predicted octanol–water partition coefficient (Wildman–Crippen LogP) is 7.50. The second kappa shape index (κ2) is 16.1. The van der Waals surface area contributed by atoms with Crippen LogP contribution in [0.3, 0.4) is 0 Å². The smallest absolute Gasteiger partial charge is 0.341 e. The number of halogens is 5. The van der Waals surface area contributed by atoms with E-state index in [1.165, 1.54) is 10.4 Å². The normalized spacial score (nSPS) is 15.2. The van der Waals surface area contributed by atoms with Crippen molar-refractivity contribution in [2.24, 2.45) is 5.92 Å². The Kier molecular flexibility index (Phi) is 13.6. The SMILES string of the molecule is CC.CCCNC(=O)NCC1CCCN(C(=O)CN(Sc2ccc(Cl)cc2)c2cc(C(F)(F)F)ccc2Cl)C1. The lowest BCUT2D eigenvalue weighted by atomic mass is 9.98. The molecule has 216 valence electrons. The second-order valence-electron chi connectivity index (χ2n) is 8.73. The first-order valence-corrected chi connectivity index (χ1v) is 14.5. The number of likely N-dealkylation sites (tertiary alicyclic amines) is 1. The molecule has 6 nitrogen and oxygen atoms in total. The number of benzene rings is 2. The molecule has 3 amide bonds. The van der Waals surface area contributed by atoms with E-state index in [4.69, 9.17) is 23.2 Å². The number of amides is 3. The molecule has 1 unspecified atom stereocenters. The number of alkyl halides is 3. The molecule has 1 fully saturated rings. The number of nitrogens with one attached hydrogen (secondary N) is 2. The van der Waals surface area contributed by atoms with Gasteiger partial charge in [-0.05, 0) is 79.6 Å². The van der Waals surface area contributed by atoms with E-state index in [2.05, 4.69) is 10.6 Å². The molecule has 0 spiro atoms. The molecule has 39 heavy (non-hydrogen) atoms. The summed E-state index contributed by atoms with van der Waals surface area (Å²) in [5.41, 5.74) is -0.765. The molecule has 2 N–H and O–H groups in total. The van der Waals surface area contributed by atoms with Crippen LogP contribution in [-0.2, 0) is 11.0 Å². The van der Waals surface area contributed by atoms with E-state index in [0.717, 1.165) is 43.3 Å². The Bertz CT molecular complexity index is 1070. The molecular weight excluding hydrogens is 572 g/mol. The van der Waals surface area contributed by atoms with Crippen molar-refractivity contribution >= 4 is 52.8 Å². The Balaban J connectivity index is 0.00000260. The van der Waals surface area contributed by atoms with Crippen molar-refractivity contribution < 1.29 is 22.8 Å². The van der Waals surface area contributed by atoms with E-state index < -0.39 is 11.7 Å². The third-order valence-corrected chi connectivity index (χ3v) is 7.41. The van der Waals surface area contributed by atoms with Crippen LogP contribution in [-0.4, -0.2) is 49.6 Å². The zero-order valence-corrected chi connectivity index (χ0v) is 24.6. The fourth-order valence-corrected chi connectivity index (χ4v) is 5.22. The van der Waals surface area contributed by atoms with Crippen LogP contribution in [0.15, 0.2) is 47.4 Å². The van der Waals surface area contributed by atoms with Crippen molar-refractivity contribution in [2.45, 2.75) is 51.1 Å². The summed E-state index contributed by atoms with van der Waals surface area (Å²) in [6, 6.07) is 9.58. The summed E-state index contributed by atoms with van der Waals surface area (Å²) in [7, 11) is 0. The monoisotopic (exact) mass is 606 g/mol. The van der Waals surface area contributed by atoms with Crippen molar-refractivity contribution in [1.29, 1.82) is 0 Å². The minimum absolute atomic E-state index is 0.0830. The fraction of sp³-hybridized carbons (Fsp3) is 0.481. The molecule has 0 bridgehead atoms. The second-order valence-corrected chi connectivity index (χ2v) is 10.7. The summed E-state index contributed by atoms with van der Waals surface area (Å²) < 4.78 is 41.8. The Morgan fingerprint density at radius 1 is 1.10 bits per heavy atom. The minimum atomic E-state index is -4.56. The first-order valence-electron chi connectivity index (χ1n) is 12.9. The highest BCUT2D eigenvalue weighted by atomic mass is 35.5. The molecule has 3 rings (SSSR count). The van der Waals surface area contributed by atoms with Crippen LogP contribution in [0.4, 0.5) is 23.7 Å². The van der Waals surface area contributed by atoms with Gasteiger partial charge in [-0.15, -0.1) is 0 Å². The van der Waals surface area contributed by atoms with E-state index in [9.17, 15) is 22.8 Å². The first-order chi connectivity index (χ1) is 18.6. The van der Waals surface area contributed by atoms with E-state index >= 15 is 0 Å². The summed E-state index contributed by atoms with van der Waals surface area (Å²) in [5.74, 6) is -0.158. The molecule has 0 aliphatic carbocycles. The van der Waals surface area contributed by atoms with Crippen LogP contribution in [0.25, 0.3) is 0 Å². The molecular formula is C27H35Cl2F3N4O2S. The van der Waals surface area contributed by atoms with Gasteiger partial charge in [0.1, 0.15) is 6.54 Å². The topological polar surface area (TPSA) is 64.7 Å². The maximum absolute atomic E-state index is 13.4. The minimum Gasteiger partial charge on any atom is -0.341 e. The van der Waals surface area contributed by atoms with Crippen LogP contribution in [0, 0.1) is 5.92 Å². The molecule has 2 aromatic rings. The molecule has 0 aromatic heterocycles. The number of urea groups is 1. The Hall–Kier alpha value is -2.30. The van der Waals surface area contributed by atoms with Crippen LogP contribution in [0.5, 0.6) is 0 Å². The number of carbonyl (C=O) groups is 2. The van der Waals surface area contributed by atoms with Crippen LogP contribution >= 0.6 is 35.1 Å². The van der Waals surface area contributed by atoms with Gasteiger partial charge in [-0.2, -0.15) is 13.2 Å². The summed E-state index contributed by atoms with van der Waals surface area (Å²) in [4.78, 5) is 27.6. The molecule has 1 aliphatic rings. The van der Waals surface area contributed by atoms with Gasteiger partial charge in [-0.3, -0.25) is 4.79 Å². The van der Waals surface area contributed by atoms with Crippen molar-refractivity contribution in [1.82, 2.24) is 15.5 Å². The average molecular weight is 608 g/mol. The molecule has 12 heteroatoms. The Labute approximate surface area is 242 Å². The van der Waals surface area contributed by atoms with E-state index in [1.54, 1.807) is 29.2 Å². The third-order valence-electron chi connectivity index (χ3n) is 5.81. The van der Waals surface area contributed by atoms with Crippen molar-refractivity contribution in [3.63, 3.8) is 0 Å². The zero-order valence-electron chi connectivity index (χ0n) is 22.3. The van der Waals surface area contributed by atoms with E-state index in [1.807, 2.05) is 20.8 Å². The van der Waals surface area contributed by atoms with Gasteiger partial charge in [0.2, 0.25) is 5.91 Å². The highest BCUT2D eigenvalue weighted by Gasteiger charge is 2.32. The number of hydrogen-bond acceptors (Lipinski definition) is 4. The van der Waals surface area contributed by atoms with Crippen LogP contribution in [0.2, 0.25) is 10.0 Å². The predicted molar refractivity (Wildman–Crippen MR) is 153 cm³/mol. The largest absolute Gasteiger partial charge is 0.416 e. The molecule has 0 radical (unpaired) electrons. The summed E-state index contributed by atoms with van der Waals surface area (Å²) in [6.07, 6.45) is -2.10. The number of anilines is 1. The van der Waals surface area contributed by atoms with Crippen LogP contribution in [0.1, 0.15) is 45.6 Å². The van der Waals surface area contributed by atoms with Gasteiger partial charge in [0.25, 0.3) is 0 Å². The summed E-state index contributed by atoms with van der Waals surface area (Å²) in [6.45, 7) is 7.77. The Morgan fingerprint density at radius 2 is 1.79 bits per heavy atom. The van der Waals surface area contributed by atoms with Gasteiger partial charge in [0.05, 0.1) is 16.3 Å². The lowest BCUT2D eigenvalue weighted by Crippen LogP contribution is -2.47. The van der Waals surface area contributed by atoms with Crippen molar-refractivity contribution in [3.05, 3.63) is 58.1 Å². The third kappa shape index (κ3) is 10.7. The highest BCUT2D eigenvalue weighted by molar-refractivity contribution is 8.00. The fourth-order valence-electron chi connectivity index (χ4n) is 3.89. The first kappa shape index (κ1) is 32.9. The van der Waals surface area contributed by atoms with Crippen molar-refractivity contribution in [3.8, 4) is 0 Å². The number of nitrogens with zero attached hydrogens (tertiary/aromatic N) is 2. The number of piperidine rings is 1. The summed E-state index contributed by atoms with van der Waals surface area (Å²) >= 11 is 13.4. The molecule has 1 atom stereocenters. The summed E-state index contributed by atoms with van der Waals surface area (Å²) in [5, 5.41) is 6.21. The quantitative estimate of drug-likeness (QED) is 0.290. The number of rotatable bonds is 9. The van der Waals surface area contributed by atoms with Gasteiger partial charge in [-0.1, -0.05) is 44.0 Å². The van der Waals surface area contributed by atoms with Gasteiger partial charge >= 0.3 is 12.2 Å². The van der Waals surface area contributed by atoms with Gasteiger partial charge in [0.15, 0.2) is 0 Å². The molecule has 2 aromatic carbocycles. The van der Waals surface area contributed by atoms with Gasteiger partial charge in [0, 0.05) is 36.1 Å². The molecule has 1 heterocycles. The number of hydrogen-bond donors (Lipinski definition) is 2. The van der Waals surface area contributed by atoms with Crippen molar-refractivity contribution in [2.75, 3.05) is 37.0 Å².